The third-order valence-electron chi connectivity index (χ3n) is 5.35. The number of aromatic nitrogens is 3. The van der Waals surface area contributed by atoms with Crippen molar-refractivity contribution in [3.63, 3.8) is 0 Å². The standard InChI is InChI=1S/C22H21N5O2.ClH/c28-22(16-8-9-27(14-16)13-15-5-2-1-3-6-15)24-21-17-12-23-19(11-18(17)25-26-21)20-7-4-10-29-20;/h1-7,10-12,16H,8-9,13-14H2,(H2,24,25,26,28);1H. The highest BCUT2D eigenvalue weighted by atomic mass is 35.5. The van der Waals surface area contributed by atoms with Gasteiger partial charge in [0.25, 0.3) is 0 Å². The molecule has 0 spiro atoms. The van der Waals surface area contributed by atoms with Gasteiger partial charge in [-0.2, -0.15) is 5.10 Å². The van der Waals surface area contributed by atoms with Crippen LogP contribution in [0.25, 0.3) is 22.4 Å². The Bertz CT molecular complexity index is 1130. The number of carbonyl (C=O) groups excluding carboxylic acids is 1. The second-order valence-electron chi connectivity index (χ2n) is 7.36. The predicted molar refractivity (Wildman–Crippen MR) is 117 cm³/mol. The molecule has 0 aliphatic carbocycles. The summed E-state index contributed by atoms with van der Waals surface area (Å²) in [7, 11) is 0. The third-order valence-corrected chi connectivity index (χ3v) is 5.35. The number of hydrogen-bond donors (Lipinski definition) is 2. The molecule has 8 heteroatoms. The van der Waals surface area contributed by atoms with E-state index >= 15 is 0 Å². The predicted octanol–water partition coefficient (Wildman–Crippen LogP) is 4.10. The van der Waals surface area contributed by atoms with Crippen molar-refractivity contribution in [1.82, 2.24) is 20.1 Å². The Kier molecular flexibility index (Phi) is 5.83. The lowest BCUT2D eigenvalue weighted by Crippen LogP contribution is -2.27. The molecular formula is C22H22ClN5O2. The first-order valence-corrected chi connectivity index (χ1v) is 9.71. The number of H-pyrrole nitrogens is 1. The van der Waals surface area contributed by atoms with E-state index in [0.29, 0.717) is 11.6 Å². The molecule has 0 saturated carbocycles. The molecule has 0 bridgehead atoms. The summed E-state index contributed by atoms with van der Waals surface area (Å²) in [5, 5.41) is 11.0. The zero-order valence-corrected chi connectivity index (χ0v) is 17.1. The Labute approximate surface area is 179 Å². The molecule has 1 aromatic carbocycles. The average molecular weight is 424 g/mol. The molecule has 0 radical (unpaired) electrons. The highest BCUT2D eigenvalue weighted by Gasteiger charge is 2.29. The van der Waals surface area contributed by atoms with Crippen LogP contribution in [-0.4, -0.2) is 39.1 Å². The molecule has 1 unspecified atom stereocenters. The maximum Gasteiger partial charge on any atom is 0.230 e. The zero-order valence-electron chi connectivity index (χ0n) is 16.2. The Morgan fingerprint density at radius 1 is 1.23 bits per heavy atom. The van der Waals surface area contributed by atoms with Gasteiger partial charge in [-0.1, -0.05) is 30.3 Å². The number of halogens is 1. The molecule has 4 heterocycles. The third kappa shape index (κ3) is 4.08. The monoisotopic (exact) mass is 423 g/mol. The molecule has 1 aliphatic heterocycles. The van der Waals surface area contributed by atoms with E-state index in [1.165, 1.54) is 5.56 Å². The number of pyridine rings is 1. The van der Waals surface area contributed by atoms with Crippen molar-refractivity contribution in [3.05, 3.63) is 66.6 Å². The van der Waals surface area contributed by atoms with E-state index < -0.39 is 0 Å². The number of anilines is 1. The van der Waals surface area contributed by atoms with E-state index in [9.17, 15) is 4.79 Å². The number of amides is 1. The van der Waals surface area contributed by atoms with Crippen molar-refractivity contribution in [2.75, 3.05) is 18.4 Å². The Morgan fingerprint density at radius 2 is 2.10 bits per heavy atom. The van der Waals surface area contributed by atoms with Gasteiger partial charge in [-0.05, 0) is 36.7 Å². The minimum absolute atomic E-state index is 0. The minimum Gasteiger partial charge on any atom is -0.463 e. The molecule has 5 rings (SSSR count). The topological polar surface area (TPSA) is 87.0 Å². The summed E-state index contributed by atoms with van der Waals surface area (Å²) < 4.78 is 5.39. The van der Waals surface area contributed by atoms with Crippen molar-refractivity contribution >= 4 is 35.0 Å². The van der Waals surface area contributed by atoms with Gasteiger partial charge in [-0.3, -0.25) is 19.8 Å². The fraction of sp³-hybridized carbons (Fsp3) is 0.227. The number of fused-ring (bicyclic) bond motifs is 1. The lowest BCUT2D eigenvalue weighted by atomic mass is 10.1. The molecule has 154 valence electrons. The second kappa shape index (κ2) is 8.69. The average Bonchev–Trinajstić information content (AvgIpc) is 3.50. The number of furan rings is 1. The second-order valence-corrected chi connectivity index (χ2v) is 7.36. The molecule has 1 fully saturated rings. The molecule has 2 N–H and O–H groups in total. The van der Waals surface area contributed by atoms with Crippen LogP contribution in [0.5, 0.6) is 0 Å². The SMILES string of the molecule is Cl.O=C(Nc1n[nH]c2cc(-c3ccco3)ncc12)C1CCN(Cc2ccccc2)C1. The van der Waals surface area contributed by atoms with Crippen LogP contribution in [0.3, 0.4) is 0 Å². The quantitative estimate of drug-likeness (QED) is 0.504. The lowest BCUT2D eigenvalue weighted by molar-refractivity contribution is -0.119. The van der Waals surface area contributed by atoms with Gasteiger partial charge >= 0.3 is 0 Å². The van der Waals surface area contributed by atoms with E-state index in [2.05, 4.69) is 37.5 Å². The summed E-state index contributed by atoms with van der Waals surface area (Å²) in [6.07, 6.45) is 4.17. The Hall–Kier alpha value is -3.16. The Morgan fingerprint density at radius 3 is 2.90 bits per heavy atom. The minimum atomic E-state index is -0.0409. The molecule has 7 nitrogen and oxygen atoms in total. The maximum atomic E-state index is 12.8. The van der Waals surface area contributed by atoms with Crippen LogP contribution in [0.2, 0.25) is 0 Å². The fourth-order valence-electron chi connectivity index (χ4n) is 3.82. The number of hydrogen-bond acceptors (Lipinski definition) is 5. The number of benzene rings is 1. The first-order valence-electron chi connectivity index (χ1n) is 9.71. The van der Waals surface area contributed by atoms with Crippen LogP contribution in [0.1, 0.15) is 12.0 Å². The van der Waals surface area contributed by atoms with Crippen molar-refractivity contribution < 1.29 is 9.21 Å². The van der Waals surface area contributed by atoms with Crippen LogP contribution in [0, 0.1) is 5.92 Å². The van der Waals surface area contributed by atoms with E-state index in [4.69, 9.17) is 4.42 Å². The van der Waals surface area contributed by atoms with Gasteiger partial charge in [0.05, 0.1) is 23.1 Å². The molecule has 1 atom stereocenters. The number of nitrogens with zero attached hydrogens (tertiary/aromatic N) is 3. The number of aromatic amines is 1. The molecule has 4 aromatic rings. The lowest BCUT2D eigenvalue weighted by Gasteiger charge is -2.15. The number of carbonyl (C=O) groups is 1. The van der Waals surface area contributed by atoms with Crippen LogP contribution < -0.4 is 5.32 Å². The summed E-state index contributed by atoms with van der Waals surface area (Å²) in [5.74, 6) is 1.17. The van der Waals surface area contributed by atoms with Gasteiger partial charge in [0.15, 0.2) is 11.6 Å². The number of nitrogens with one attached hydrogen (secondary N) is 2. The van der Waals surface area contributed by atoms with Crippen LogP contribution in [-0.2, 0) is 11.3 Å². The van der Waals surface area contributed by atoms with Gasteiger partial charge < -0.3 is 9.73 Å². The zero-order chi connectivity index (χ0) is 19.6. The van der Waals surface area contributed by atoms with Gasteiger partial charge in [-0.25, -0.2) is 0 Å². The summed E-state index contributed by atoms with van der Waals surface area (Å²) in [6.45, 7) is 2.54. The van der Waals surface area contributed by atoms with Gasteiger partial charge in [0.1, 0.15) is 5.69 Å². The van der Waals surface area contributed by atoms with Crippen LogP contribution in [0.4, 0.5) is 5.82 Å². The maximum absolute atomic E-state index is 12.8. The number of likely N-dealkylation sites (tertiary alicyclic amines) is 1. The highest BCUT2D eigenvalue weighted by molar-refractivity contribution is 6.00. The molecule has 30 heavy (non-hydrogen) atoms. The summed E-state index contributed by atoms with van der Waals surface area (Å²) in [6, 6.07) is 15.9. The fourth-order valence-corrected chi connectivity index (χ4v) is 3.82. The van der Waals surface area contributed by atoms with E-state index in [-0.39, 0.29) is 24.2 Å². The van der Waals surface area contributed by atoms with Crippen LogP contribution >= 0.6 is 12.4 Å². The van der Waals surface area contributed by atoms with Crippen molar-refractivity contribution in [3.8, 4) is 11.5 Å². The molecule has 1 aliphatic rings. The summed E-state index contributed by atoms with van der Waals surface area (Å²) >= 11 is 0. The van der Waals surface area contributed by atoms with Crippen molar-refractivity contribution in [2.24, 2.45) is 5.92 Å². The highest BCUT2D eigenvalue weighted by Crippen LogP contribution is 2.26. The normalized spacial score (nSPS) is 16.5. The number of rotatable bonds is 5. The van der Waals surface area contributed by atoms with Crippen molar-refractivity contribution in [1.29, 1.82) is 0 Å². The van der Waals surface area contributed by atoms with E-state index in [1.807, 2.05) is 36.4 Å². The summed E-state index contributed by atoms with van der Waals surface area (Å²) in [4.78, 5) is 19.5. The Balaban J connectivity index is 0.00000218. The van der Waals surface area contributed by atoms with Crippen molar-refractivity contribution in [2.45, 2.75) is 13.0 Å². The molecule has 3 aromatic heterocycles. The first-order chi connectivity index (χ1) is 14.3. The molecular weight excluding hydrogens is 402 g/mol. The molecule has 1 saturated heterocycles. The molecule has 1 amide bonds. The van der Waals surface area contributed by atoms with Crippen LogP contribution in [0.15, 0.2) is 65.4 Å². The van der Waals surface area contributed by atoms with Gasteiger partial charge in [0.2, 0.25) is 5.91 Å². The smallest absolute Gasteiger partial charge is 0.230 e. The van der Waals surface area contributed by atoms with Gasteiger partial charge in [0, 0.05) is 19.3 Å². The van der Waals surface area contributed by atoms with E-state index in [1.54, 1.807) is 12.5 Å². The first kappa shape index (κ1) is 20.1. The largest absolute Gasteiger partial charge is 0.463 e. The summed E-state index contributed by atoms with van der Waals surface area (Å²) in [5.41, 5.74) is 2.79. The van der Waals surface area contributed by atoms with E-state index in [0.717, 1.165) is 42.7 Å². The van der Waals surface area contributed by atoms with Gasteiger partial charge in [-0.15, -0.1) is 12.4 Å².